The maximum atomic E-state index is 10.9. The molecular formula is C12H7ClN2O3. The number of carboxylic acids is 1. The first kappa shape index (κ1) is 10.9. The quantitative estimate of drug-likeness (QED) is 0.771. The molecule has 3 rings (SSSR count). The first-order chi connectivity index (χ1) is 8.65. The van der Waals surface area contributed by atoms with Gasteiger partial charge in [-0.25, -0.2) is 9.78 Å². The Hall–Kier alpha value is -2.27. The van der Waals surface area contributed by atoms with Crippen LogP contribution in [0.25, 0.3) is 17.1 Å². The number of aromatic carboxylic acids is 1. The normalized spacial score (nSPS) is 10.9. The minimum Gasteiger partial charge on any atom is -0.478 e. The zero-order chi connectivity index (χ0) is 12.7. The lowest BCUT2D eigenvalue weighted by atomic mass is 10.3. The number of hydrogen-bond acceptors (Lipinski definition) is 3. The Kier molecular flexibility index (Phi) is 2.34. The summed E-state index contributed by atoms with van der Waals surface area (Å²) in [5, 5.41) is 9.23. The van der Waals surface area contributed by atoms with Crippen LogP contribution in [-0.2, 0) is 0 Å². The van der Waals surface area contributed by atoms with E-state index < -0.39 is 5.97 Å². The highest BCUT2D eigenvalue weighted by molar-refractivity contribution is 6.28. The van der Waals surface area contributed by atoms with Crippen LogP contribution in [0.15, 0.2) is 41.1 Å². The number of fused-ring (bicyclic) bond motifs is 1. The molecule has 18 heavy (non-hydrogen) atoms. The molecule has 0 atom stereocenters. The first-order valence-corrected chi connectivity index (χ1v) is 5.49. The minimum atomic E-state index is -0.992. The fourth-order valence-electron chi connectivity index (χ4n) is 1.73. The van der Waals surface area contributed by atoms with Crippen molar-refractivity contribution in [1.82, 2.24) is 9.38 Å². The predicted molar refractivity (Wildman–Crippen MR) is 64.9 cm³/mol. The second-order valence-corrected chi connectivity index (χ2v) is 4.08. The summed E-state index contributed by atoms with van der Waals surface area (Å²) in [7, 11) is 0. The number of furan rings is 1. The second-order valence-electron chi connectivity index (χ2n) is 3.70. The monoisotopic (exact) mass is 262 g/mol. The summed E-state index contributed by atoms with van der Waals surface area (Å²) in [6.45, 7) is 0. The van der Waals surface area contributed by atoms with Gasteiger partial charge in [0, 0.05) is 6.20 Å². The van der Waals surface area contributed by atoms with Crippen LogP contribution >= 0.6 is 11.6 Å². The fourth-order valence-corrected chi connectivity index (χ4v) is 1.88. The van der Waals surface area contributed by atoms with E-state index in [9.17, 15) is 4.79 Å². The molecule has 0 saturated carbocycles. The highest BCUT2D eigenvalue weighted by Crippen LogP contribution is 2.24. The fraction of sp³-hybridized carbons (Fsp3) is 0. The van der Waals surface area contributed by atoms with Crippen molar-refractivity contribution >= 4 is 23.1 Å². The van der Waals surface area contributed by atoms with Gasteiger partial charge in [-0.05, 0) is 35.9 Å². The summed E-state index contributed by atoms with van der Waals surface area (Å²) >= 11 is 5.71. The molecule has 6 heteroatoms. The van der Waals surface area contributed by atoms with Crippen LogP contribution in [-0.4, -0.2) is 20.5 Å². The smallest absolute Gasteiger partial charge is 0.337 e. The molecule has 3 aromatic rings. The van der Waals surface area contributed by atoms with E-state index in [-0.39, 0.29) is 10.8 Å². The Balaban J connectivity index is 2.23. The molecule has 0 fully saturated rings. The maximum absolute atomic E-state index is 10.9. The zero-order valence-corrected chi connectivity index (χ0v) is 9.76. The topological polar surface area (TPSA) is 67.7 Å². The number of imidazole rings is 1. The van der Waals surface area contributed by atoms with Gasteiger partial charge in [0.25, 0.3) is 0 Å². The molecule has 90 valence electrons. The summed E-state index contributed by atoms with van der Waals surface area (Å²) in [4.78, 5) is 15.1. The highest BCUT2D eigenvalue weighted by atomic mass is 35.5. The van der Waals surface area contributed by atoms with Gasteiger partial charge in [-0.15, -0.1) is 0 Å². The number of aromatic nitrogens is 2. The third-order valence-corrected chi connectivity index (χ3v) is 2.77. The molecule has 0 aliphatic rings. The molecule has 0 amide bonds. The van der Waals surface area contributed by atoms with Crippen molar-refractivity contribution in [3.63, 3.8) is 0 Å². The molecule has 0 unspecified atom stereocenters. The van der Waals surface area contributed by atoms with E-state index >= 15 is 0 Å². The summed E-state index contributed by atoms with van der Waals surface area (Å²) in [6, 6.07) is 6.51. The van der Waals surface area contributed by atoms with E-state index in [0.717, 1.165) is 5.52 Å². The maximum Gasteiger partial charge on any atom is 0.337 e. The lowest BCUT2D eigenvalue weighted by Gasteiger charge is -2.00. The third kappa shape index (κ3) is 1.65. The molecule has 0 aromatic carbocycles. The van der Waals surface area contributed by atoms with Crippen LogP contribution in [0.3, 0.4) is 0 Å². The molecule has 0 bridgehead atoms. The lowest BCUT2D eigenvalue weighted by Crippen LogP contribution is -1.99. The van der Waals surface area contributed by atoms with Crippen LogP contribution in [0.1, 0.15) is 10.4 Å². The molecule has 0 aliphatic carbocycles. The predicted octanol–water partition coefficient (Wildman–Crippen LogP) is 2.95. The summed E-state index contributed by atoms with van der Waals surface area (Å²) in [5.74, 6) is 0.0107. The third-order valence-electron chi connectivity index (χ3n) is 2.57. The number of hydrogen-bond donors (Lipinski definition) is 1. The Labute approximate surface area is 106 Å². The summed E-state index contributed by atoms with van der Waals surface area (Å²) in [5.41, 5.74) is 0.960. The molecule has 0 saturated heterocycles. The van der Waals surface area contributed by atoms with Crippen LogP contribution in [0, 0.1) is 0 Å². The van der Waals surface area contributed by atoms with Gasteiger partial charge in [0.15, 0.2) is 16.8 Å². The number of carboxylic acid groups (broad SMARTS) is 1. The van der Waals surface area contributed by atoms with Gasteiger partial charge in [-0.2, -0.15) is 0 Å². The molecular weight excluding hydrogens is 256 g/mol. The van der Waals surface area contributed by atoms with E-state index in [4.69, 9.17) is 21.1 Å². The zero-order valence-electron chi connectivity index (χ0n) is 9.00. The second kappa shape index (κ2) is 3.89. The van der Waals surface area contributed by atoms with Gasteiger partial charge in [0.1, 0.15) is 0 Å². The number of rotatable bonds is 2. The van der Waals surface area contributed by atoms with Gasteiger partial charge in [-0.3, -0.25) is 4.40 Å². The molecule has 5 nitrogen and oxygen atoms in total. The molecule has 3 heterocycles. The number of carbonyl (C=O) groups is 1. The molecule has 1 N–H and O–H groups in total. The number of nitrogens with zero attached hydrogens (tertiary/aromatic N) is 2. The van der Waals surface area contributed by atoms with Gasteiger partial charge in [-0.1, -0.05) is 0 Å². The van der Waals surface area contributed by atoms with E-state index in [0.29, 0.717) is 11.6 Å². The Morgan fingerprint density at radius 2 is 2.17 bits per heavy atom. The largest absolute Gasteiger partial charge is 0.478 e. The van der Waals surface area contributed by atoms with E-state index in [1.807, 2.05) is 0 Å². The van der Waals surface area contributed by atoms with Gasteiger partial charge >= 0.3 is 5.97 Å². The van der Waals surface area contributed by atoms with Crippen molar-refractivity contribution in [3.05, 3.63) is 47.4 Å². The van der Waals surface area contributed by atoms with Crippen LogP contribution < -0.4 is 0 Å². The van der Waals surface area contributed by atoms with Crippen molar-refractivity contribution in [3.8, 4) is 11.6 Å². The number of halogens is 1. The summed E-state index contributed by atoms with van der Waals surface area (Å²) < 4.78 is 6.92. The van der Waals surface area contributed by atoms with Crippen LogP contribution in [0.5, 0.6) is 0 Å². The Morgan fingerprint density at radius 1 is 1.33 bits per heavy atom. The number of pyridine rings is 1. The SMILES string of the molecule is O=C(O)c1ccc2cnc(-c3ccc(Cl)o3)n2c1. The van der Waals surface area contributed by atoms with Crippen LogP contribution in [0.4, 0.5) is 0 Å². The molecule has 0 spiro atoms. The first-order valence-electron chi connectivity index (χ1n) is 5.11. The average molecular weight is 263 g/mol. The van der Waals surface area contributed by atoms with E-state index in [1.165, 1.54) is 12.3 Å². The van der Waals surface area contributed by atoms with Crippen molar-refractivity contribution in [2.45, 2.75) is 0 Å². The standard InChI is InChI=1S/C12H7ClN2O3/c13-10-4-3-9(18-10)11-14-5-8-2-1-7(12(16)17)6-15(8)11/h1-6H,(H,16,17). The molecule has 3 aromatic heterocycles. The van der Waals surface area contributed by atoms with Gasteiger partial charge in [0.2, 0.25) is 0 Å². The average Bonchev–Trinajstić information content (AvgIpc) is 2.93. The van der Waals surface area contributed by atoms with E-state index in [1.54, 1.807) is 28.8 Å². The Bertz CT molecular complexity index is 745. The minimum absolute atomic E-state index is 0.180. The van der Waals surface area contributed by atoms with Crippen molar-refractivity contribution < 1.29 is 14.3 Å². The van der Waals surface area contributed by atoms with Crippen molar-refractivity contribution in [2.24, 2.45) is 0 Å². The van der Waals surface area contributed by atoms with Gasteiger partial charge in [0.05, 0.1) is 17.3 Å². The van der Waals surface area contributed by atoms with Gasteiger partial charge < -0.3 is 9.52 Å². The Morgan fingerprint density at radius 3 is 2.83 bits per heavy atom. The van der Waals surface area contributed by atoms with Crippen molar-refractivity contribution in [1.29, 1.82) is 0 Å². The summed E-state index contributed by atoms with van der Waals surface area (Å²) in [6.07, 6.45) is 3.13. The molecule has 0 aliphatic heterocycles. The van der Waals surface area contributed by atoms with Crippen LogP contribution in [0.2, 0.25) is 5.22 Å². The highest BCUT2D eigenvalue weighted by Gasteiger charge is 2.12. The van der Waals surface area contributed by atoms with Crippen molar-refractivity contribution in [2.75, 3.05) is 0 Å². The molecule has 0 radical (unpaired) electrons. The van der Waals surface area contributed by atoms with E-state index in [2.05, 4.69) is 4.98 Å². The lowest BCUT2D eigenvalue weighted by molar-refractivity contribution is 0.0696.